The van der Waals surface area contributed by atoms with E-state index < -0.39 is 8.80 Å². The molecule has 0 saturated heterocycles. The minimum absolute atomic E-state index is 0.329. The van der Waals surface area contributed by atoms with Crippen LogP contribution in [0.5, 0.6) is 0 Å². The smallest absolute Gasteiger partial charge is 0.462 e. The van der Waals surface area contributed by atoms with E-state index >= 15 is 0 Å². The number of esters is 1. The molecule has 0 aliphatic rings. The molecule has 0 aromatic rings. The predicted molar refractivity (Wildman–Crippen MR) is 325 cm³/mol. The standard InChI is InChI=1S/C67H122O5Si/c1-6-9-12-15-18-21-24-27-30-33-36-39-42-45-48-51-54-57-62-70-73(65-60-61-69-67(68)66(4)5,71-63-58-55-52-49-46-43-40-37-34-31-28-25-22-19-16-13-10-7-2)72-64-59-56-53-50-47-44-41-38-35-32-29-26-23-20-17-14-11-8-3/h18-23,27-32H,4,6-17,24-26,33-65H2,1-3,5H3/b21-18-,22-19-,23-20-,30-27-,31-28-,32-29-. The Balaban J connectivity index is 4.89. The Morgan fingerprint density at radius 2 is 0.575 bits per heavy atom. The zero-order valence-electron chi connectivity index (χ0n) is 49.1. The van der Waals surface area contributed by atoms with E-state index in [1.807, 2.05) is 0 Å². The first-order valence-corrected chi connectivity index (χ1v) is 33.6. The number of carbonyl (C=O) groups excluding carboxylic acids is 1. The molecule has 424 valence electrons. The van der Waals surface area contributed by atoms with Crippen LogP contribution in [-0.4, -0.2) is 41.2 Å². The van der Waals surface area contributed by atoms with Crippen molar-refractivity contribution in [1.29, 1.82) is 0 Å². The van der Waals surface area contributed by atoms with Crippen LogP contribution in [0.3, 0.4) is 0 Å². The summed E-state index contributed by atoms with van der Waals surface area (Å²) in [6, 6.07) is 0.678. The summed E-state index contributed by atoms with van der Waals surface area (Å²) in [5.74, 6) is -0.329. The van der Waals surface area contributed by atoms with Crippen molar-refractivity contribution in [3.63, 3.8) is 0 Å². The molecule has 0 aromatic carbocycles. The van der Waals surface area contributed by atoms with Crippen LogP contribution in [0.25, 0.3) is 0 Å². The fourth-order valence-corrected chi connectivity index (χ4v) is 11.6. The van der Waals surface area contributed by atoms with Gasteiger partial charge in [0, 0.05) is 31.4 Å². The molecule has 0 aromatic heterocycles. The Bertz CT molecular complexity index is 1200. The van der Waals surface area contributed by atoms with Gasteiger partial charge >= 0.3 is 14.8 Å². The van der Waals surface area contributed by atoms with Gasteiger partial charge in [0.25, 0.3) is 0 Å². The quantitative estimate of drug-likeness (QED) is 0.0200. The van der Waals surface area contributed by atoms with Crippen molar-refractivity contribution in [2.24, 2.45) is 0 Å². The molecule has 0 amide bonds. The second kappa shape index (κ2) is 60.6. The van der Waals surface area contributed by atoms with Gasteiger partial charge in [0.15, 0.2) is 0 Å². The summed E-state index contributed by atoms with van der Waals surface area (Å²) >= 11 is 0. The Morgan fingerprint density at radius 3 is 0.836 bits per heavy atom. The minimum Gasteiger partial charge on any atom is -0.462 e. The van der Waals surface area contributed by atoms with Gasteiger partial charge in [-0.15, -0.1) is 0 Å². The summed E-state index contributed by atoms with van der Waals surface area (Å²) in [5, 5.41) is 0. The lowest BCUT2D eigenvalue weighted by atomic mass is 10.1. The van der Waals surface area contributed by atoms with Crippen molar-refractivity contribution in [2.75, 3.05) is 26.4 Å². The molecule has 0 saturated carbocycles. The van der Waals surface area contributed by atoms with Crippen LogP contribution in [-0.2, 0) is 22.8 Å². The summed E-state index contributed by atoms with van der Waals surface area (Å²) in [4.78, 5) is 12.2. The Labute approximate surface area is 456 Å². The monoisotopic (exact) mass is 1030 g/mol. The lowest BCUT2D eigenvalue weighted by molar-refractivity contribution is -0.139. The zero-order chi connectivity index (χ0) is 52.9. The van der Waals surface area contributed by atoms with E-state index in [9.17, 15) is 4.79 Å². The maximum Gasteiger partial charge on any atom is 0.501 e. The number of carbonyl (C=O) groups is 1. The molecule has 5 nitrogen and oxygen atoms in total. The molecule has 73 heavy (non-hydrogen) atoms. The van der Waals surface area contributed by atoms with Gasteiger partial charge in [-0.25, -0.2) is 4.79 Å². The largest absolute Gasteiger partial charge is 0.501 e. The van der Waals surface area contributed by atoms with E-state index in [0.717, 1.165) is 38.5 Å². The molecule has 0 heterocycles. The van der Waals surface area contributed by atoms with Crippen molar-refractivity contribution < 1.29 is 22.8 Å². The molecule has 0 unspecified atom stereocenters. The van der Waals surface area contributed by atoms with Crippen LogP contribution in [0.4, 0.5) is 0 Å². The third kappa shape index (κ3) is 55.8. The molecule has 0 fully saturated rings. The van der Waals surface area contributed by atoms with Crippen molar-refractivity contribution in [3.8, 4) is 0 Å². The van der Waals surface area contributed by atoms with Crippen LogP contribution in [0.1, 0.15) is 304 Å². The molecule has 0 aliphatic carbocycles. The van der Waals surface area contributed by atoms with Gasteiger partial charge in [-0.3, -0.25) is 0 Å². The number of rotatable bonds is 59. The zero-order valence-corrected chi connectivity index (χ0v) is 50.1. The summed E-state index contributed by atoms with van der Waals surface area (Å²) < 4.78 is 25.9. The average Bonchev–Trinajstić information content (AvgIpc) is 3.39. The van der Waals surface area contributed by atoms with E-state index in [0.29, 0.717) is 44.5 Å². The van der Waals surface area contributed by atoms with Crippen molar-refractivity contribution in [1.82, 2.24) is 0 Å². The van der Waals surface area contributed by atoms with Gasteiger partial charge in [-0.05, 0) is 129 Å². The average molecular weight is 1040 g/mol. The van der Waals surface area contributed by atoms with Crippen LogP contribution in [0, 0.1) is 0 Å². The van der Waals surface area contributed by atoms with E-state index in [-0.39, 0.29) is 5.97 Å². The molecule has 0 N–H and O–H groups in total. The highest BCUT2D eigenvalue weighted by molar-refractivity contribution is 6.60. The highest BCUT2D eigenvalue weighted by atomic mass is 28.4. The van der Waals surface area contributed by atoms with Crippen LogP contribution >= 0.6 is 0 Å². The number of hydrogen-bond acceptors (Lipinski definition) is 5. The Hall–Kier alpha value is -2.25. The van der Waals surface area contributed by atoms with Crippen molar-refractivity contribution in [3.05, 3.63) is 85.1 Å². The lowest BCUT2D eigenvalue weighted by Crippen LogP contribution is -2.47. The fourth-order valence-electron chi connectivity index (χ4n) is 8.93. The molecule has 0 bridgehead atoms. The Kier molecular flexibility index (Phi) is 58.7. The first kappa shape index (κ1) is 70.7. The second-order valence-corrected chi connectivity index (χ2v) is 23.9. The first-order chi connectivity index (χ1) is 36.0. The molecule has 6 heteroatoms. The van der Waals surface area contributed by atoms with Gasteiger partial charge in [0.1, 0.15) is 0 Å². The molecule has 0 radical (unpaired) electrons. The number of unbranched alkanes of at least 4 members (excludes halogenated alkanes) is 33. The maximum absolute atomic E-state index is 12.2. The van der Waals surface area contributed by atoms with Gasteiger partial charge in [0.05, 0.1) is 6.61 Å². The van der Waals surface area contributed by atoms with E-state index in [1.165, 1.54) is 231 Å². The minimum atomic E-state index is -2.97. The molecule has 0 rings (SSSR count). The van der Waals surface area contributed by atoms with Crippen molar-refractivity contribution >= 4 is 14.8 Å². The maximum atomic E-state index is 12.2. The molecule has 0 spiro atoms. The summed E-state index contributed by atoms with van der Waals surface area (Å²) in [7, 11) is -2.97. The van der Waals surface area contributed by atoms with E-state index in [1.54, 1.807) is 6.92 Å². The topological polar surface area (TPSA) is 54.0 Å². The highest BCUT2D eigenvalue weighted by Crippen LogP contribution is 2.23. The predicted octanol–water partition coefficient (Wildman–Crippen LogP) is 22.3. The van der Waals surface area contributed by atoms with E-state index in [4.69, 9.17) is 18.0 Å². The molecule has 0 aliphatic heterocycles. The number of allylic oxidation sites excluding steroid dienone is 12. The van der Waals surface area contributed by atoms with Crippen LogP contribution in [0.2, 0.25) is 6.04 Å². The van der Waals surface area contributed by atoms with Gasteiger partial charge < -0.3 is 18.0 Å². The first-order valence-electron chi connectivity index (χ1n) is 31.7. The van der Waals surface area contributed by atoms with Crippen molar-refractivity contribution in [2.45, 2.75) is 310 Å². The third-order valence-corrected chi connectivity index (χ3v) is 16.6. The normalized spacial score (nSPS) is 12.5. The lowest BCUT2D eigenvalue weighted by Gasteiger charge is -2.30. The van der Waals surface area contributed by atoms with Gasteiger partial charge in [0.2, 0.25) is 0 Å². The Morgan fingerprint density at radius 1 is 0.329 bits per heavy atom. The molecular weight excluding hydrogens is 913 g/mol. The molecule has 0 atom stereocenters. The second-order valence-electron chi connectivity index (χ2n) is 21.1. The van der Waals surface area contributed by atoms with Gasteiger partial charge in [-0.2, -0.15) is 0 Å². The number of hydrogen-bond donors (Lipinski definition) is 0. The summed E-state index contributed by atoms with van der Waals surface area (Å²) in [6.07, 6.45) is 81.4. The molecular formula is C67H122O5Si. The van der Waals surface area contributed by atoms with Crippen LogP contribution in [0.15, 0.2) is 85.1 Å². The fraction of sp³-hybridized carbons (Fsp3) is 0.776. The van der Waals surface area contributed by atoms with Gasteiger partial charge in [-0.1, -0.05) is 254 Å². The van der Waals surface area contributed by atoms with E-state index in [2.05, 4.69) is 100 Å². The van der Waals surface area contributed by atoms with Crippen LogP contribution < -0.4 is 0 Å². The number of ether oxygens (including phenoxy) is 1. The SMILES string of the molecule is C=C(C)C(=O)OCCC[Si](OCCCCCCCCCC/C=C\C/C=C\CCCCC)(OCCCCCCCCCC/C=C\C/C=C\CCCCC)OCCCCCCCCCC/C=C\C/C=C\CCCCC. The summed E-state index contributed by atoms with van der Waals surface area (Å²) in [5.41, 5.74) is 0.435. The highest BCUT2D eigenvalue weighted by Gasteiger charge is 2.40. The third-order valence-electron chi connectivity index (χ3n) is 13.7. The summed E-state index contributed by atoms with van der Waals surface area (Å²) in [6.45, 7) is 14.6.